The van der Waals surface area contributed by atoms with Crippen LogP contribution >= 0.6 is 0 Å². The van der Waals surface area contributed by atoms with E-state index in [1.54, 1.807) is 13.8 Å². The molecule has 7 nitrogen and oxygen atoms in total. The molecule has 8 heteroatoms. The van der Waals surface area contributed by atoms with Gasteiger partial charge in [0.1, 0.15) is 22.0 Å². The van der Waals surface area contributed by atoms with Gasteiger partial charge in [0.2, 0.25) is 10.0 Å². The zero-order valence-corrected chi connectivity index (χ0v) is 14.3. The molecular weight excluding hydrogens is 320 g/mol. The van der Waals surface area contributed by atoms with Crippen LogP contribution in [0.5, 0.6) is 0 Å². The highest BCUT2D eigenvalue weighted by Crippen LogP contribution is 2.30. The molecule has 0 radical (unpaired) electrons. The Balaban J connectivity index is 1.89. The van der Waals surface area contributed by atoms with Gasteiger partial charge in [-0.05, 0) is 39.5 Å². The summed E-state index contributed by atoms with van der Waals surface area (Å²) in [5.74, 6) is -0.252. The lowest BCUT2D eigenvalue weighted by Crippen LogP contribution is -2.48. The lowest BCUT2D eigenvalue weighted by atomic mass is 10.0. The summed E-state index contributed by atoms with van der Waals surface area (Å²) < 4.78 is 38.4. The van der Waals surface area contributed by atoms with Crippen LogP contribution in [0, 0.1) is 13.8 Å². The molecule has 0 spiro atoms. The molecule has 2 bridgehead atoms. The van der Waals surface area contributed by atoms with Crippen LogP contribution in [-0.2, 0) is 14.8 Å². The smallest absolute Gasteiger partial charge is 0.342 e. The van der Waals surface area contributed by atoms with E-state index >= 15 is 0 Å². The molecule has 2 N–H and O–H groups in total. The Morgan fingerprint density at radius 1 is 1.22 bits per heavy atom. The molecule has 3 heterocycles. The topological polar surface area (TPSA) is 97.6 Å². The molecule has 23 heavy (non-hydrogen) atoms. The van der Waals surface area contributed by atoms with Crippen LogP contribution in [0.2, 0.25) is 0 Å². The van der Waals surface area contributed by atoms with Crippen LogP contribution in [0.25, 0.3) is 0 Å². The maximum atomic E-state index is 12.8. The van der Waals surface area contributed by atoms with Crippen LogP contribution in [-0.4, -0.2) is 39.6 Å². The first-order valence-corrected chi connectivity index (χ1v) is 9.27. The van der Waals surface area contributed by atoms with Gasteiger partial charge >= 0.3 is 5.97 Å². The number of carbonyl (C=O) groups excluding carboxylic acids is 1. The van der Waals surface area contributed by atoms with E-state index in [4.69, 9.17) is 9.15 Å². The Kier molecular flexibility index (Phi) is 4.24. The maximum Gasteiger partial charge on any atom is 0.342 e. The minimum Gasteiger partial charge on any atom is -0.465 e. The molecule has 2 atom stereocenters. The van der Waals surface area contributed by atoms with Gasteiger partial charge in [-0.1, -0.05) is 0 Å². The predicted octanol–water partition coefficient (Wildman–Crippen LogP) is 1.24. The van der Waals surface area contributed by atoms with Crippen LogP contribution in [0.4, 0.5) is 0 Å². The number of sulfonamides is 1. The van der Waals surface area contributed by atoms with Crippen LogP contribution in [0.3, 0.4) is 0 Å². The number of nitrogens with one attached hydrogen (secondary N) is 2. The molecule has 0 aliphatic carbocycles. The van der Waals surface area contributed by atoms with Crippen molar-refractivity contribution >= 4 is 16.0 Å². The fourth-order valence-electron chi connectivity index (χ4n) is 3.76. The third-order valence-electron chi connectivity index (χ3n) is 4.66. The average Bonchev–Trinajstić information content (AvgIpc) is 2.96. The predicted molar refractivity (Wildman–Crippen MR) is 82.8 cm³/mol. The molecule has 0 amide bonds. The van der Waals surface area contributed by atoms with Gasteiger partial charge in [-0.2, -0.15) is 0 Å². The second-order valence-electron chi connectivity index (χ2n) is 6.34. The van der Waals surface area contributed by atoms with Crippen molar-refractivity contribution in [2.75, 3.05) is 7.11 Å². The Morgan fingerprint density at radius 2 is 1.83 bits per heavy atom. The van der Waals surface area contributed by atoms with Crippen molar-refractivity contribution in [3.63, 3.8) is 0 Å². The van der Waals surface area contributed by atoms with Crippen molar-refractivity contribution < 1.29 is 22.4 Å². The van der Waals surface area contributed by atoms with Crippen LogP contribution in [0.1, 0.15) is 47.6 Å². The largest absolute Gasteiger partial charge is 0.465 e. The first-order valence-electron chi connectivity index (χ1n) is 7.78. The Labute approximate surface area is 135 Å². The molecule has 1 aromatic heterocycles. The van der Waals surface area contributed by atoms with Gasteiger partial charge in [0.25, 0.3) is 0 Å². The van der Waals surface area contributed by atoms with Gasteiger partial charge in [-0.15, -0.1) is 0 Å². The Morgan fingerprint density at radius 3 is 2.39 bits per heavy atom. The SMILES string of the molecule is COC(=O)c1c(C)oc(C)c1S(=O)(=O)NC1CC2CCC(C1)N2. The second-order valence-corrected chi connectivity index (χ2v) is 7.99. The zero-order valence-electron chi connectivity index (χ0n) is 13.5. The highest BCUT2D eigenvalue weighted by atomic mass is 32.2. The van der Waals surface area contributed by atoms with Crippen molar-refractivity contribution in [1.82, 2.24) is 10.0 Å². The van der Waals surface area contributed by atoms with E-state index in [2.05, 4.69) is 10.0 Å². The summed E-state index contributed by atoms with van der Waals surface area (Å²) in [4.78, 5) is 11.8. The number of piperidine rings is 1. The van der Waals surface area contributed by atoms with Crippen molar-refractivity contribution in [2.24, 2.45) is 0 Å². The zero-order chi connectivity index (χ0) is 16.8. The summed E-state index contributed by atoms with van der Waals surface area (Å²) in [6, 6.07) is 0.612. The minimum absolute atomic E-state index is 0.0191. The van der Waals surface area contributed by atoms with Gasteiger partial charge in [-0.25, -0.2) is 17.9 Å². The summed E-state index contributed by atoms with van der Waals surface area (Å²) in [5, 5.41) is 3.47. The third-order valence-corrected chi connectivity index (χ3v) is 6.33. The molecule has 128 valence electrons. The molecule has 0 aromatic carbocycles. The molecule has 2 saturated heterocycles. The van der Waals surface area contributed by atoms with E-state index < -0.39 is 16.0 Å². The molecule has 0 saturated carbocycles. The number of methoxy groups -OCH3 is 1. The summed E-state index contributed by atoms with van der Waals surface area (Å²) >= 11 is 0. The number of rotatable bonds is 4. The van der Waals surface area contributed by atoms with E-state index in [-0.39, 0.29) is 28.0 Å². The number of fused-ring (bicyclic) bond motifs is 2. The fourth-order valence-corrected chi connectivity index (χ4v) is 5.42. The summed E-state index contributed by atoms with van der Waals surface area (Å²) in [5.41, 5.74) is -0.0191. The van der Waals surface area contributed by atoms with Crippen LogP contribution < -0.4 is 10.0 Å². The number of hydrogen-bond donors (Lipinski definition) is 2. The number of hydrogen-bond acceptors (Lipinski definition) is 6. The molecule has 2 fully saturated rings. The highest BCUT2D eigenvalue weighted by Gasteiger charge is 2.38. The molecule has 3 rings (SSSR count). The molecule has 2 unspecified atom stereocenters. The van der Waals surface area contributed by atoms with E-state index in [0.29, 0.717) is 12.1 Å². The van der Waals surface area contributed by atoms with E-state index in [0.717, 1.165) is 25.7 Å². The van der Waals surface area contributed by atoms with E-state index in [1.807, 2.05) is 0 Å². The number of esters is 1. The number of carbonyl (C=O) groups is 1. The van der Waals surface area contributed by atoms with Gasteiger partial charge in [0.15, 0.2) is 0 Å². The average molecular weight is 342 g/mol. The summed E-state index contributed by atoms with van der Waals surface area (Å²) in [6.45, 7) is 3.10. The normalized spacial score (nSPS) is 27.2. The van der Waals surface area contributed by atoms with Crippen molar-refractivity contribution in [1.29, 1.82) is 0 Å². The molecular formula is C15H22N2O5S. The van der Waals surface area contributed by atoms with Crippen molar-refractivity contribution in [3.05, 3.63) is 17.1 Å². The van der Waals surface area contributed by atoms with Gasteiger partial charge in [0.05, 0.1) is 7.11 Å². The lowest BCUT2D eigenvalue weighted by molar-refractivity contribution is 0.0594. The van der Waals surface area contributed by atoms with E-state index in [1.165, 1.54) is 7.11 Å². The van der Waals surface area contributed by atoms with Gasteiger partial charge in [-0.3, -0.25) is 0 Å². The lowest BCUT2D eigenvalue weighted by Gasteiger charge is -2.29. The number of ether oxygens (including phenoxy) is 1. The van der Waals surface area contributed by atoms with Crippen molar-refractivity contribution in [2.45, 2.75) is 62.6 Å². The summed E-state index contributed by atoms with van der Waals surface area (Å²) in [7, 11) is -2.63. The van der Waals surface area contributed by atoms with Crippen molar-refractivity contribution in [3.8, 4) is 0 Å². The molecule has 2 aliphatic heterocycles. The molecule has 2 aliphatic rings. The third kappa shape index (κ3) is 3.02. The second kappa shape index (κ2) is 5.92. The highest BCUT2D eigenvalue weighted by molar-refractivity contribution is 7.89. The van der Waals surface area contributed by atoms with E-state index in [9.17, 15) is 13.2 Å². The van der Waals surface area contributed by atoms with Gasteiger partial charge < -0.3 is 14.5 Å². The van der Waals surface area contributed by atoms with Gasteiger partial charge in [0, 0.05) is 18.1 Å². The Hall–Kier alpha value is -1.38. The number of aryl methyl sites for hydroxylation is 2. The minimum atomic E-state index is -3.85. The Bertz CT molecular complexity index is 712. The maximum absolute atomic E-state index is 12.8. The quantitative estimate of drug-likeness (QED) is 0.799. The first kappa shape index (κ1) is 16.5. The summed E-state index contributed by atoms with van der Waals surface area (Å²) in [6.07, 6.45) is 3.69. The first-order chi connectivity index (χ1) is 10.8. The monoisotopic (exact) mass is 342 g/mol. The standard InChI is InChI=1S/C15H22N2O5S/c1-8-13(15(18)21-3)14(9(2)22-8)23(19,20)17-12-6-10-4-5-11(7-12)16-10/h10-12,16-17H,4-7H2,1-3H3. The van der Waals surface area contributed by atoms with Crippen LogP contribution in [0.15, 0.2) is 9.31 Å². The molecule has 1 aromatic rings. The number of furan rings is 1. The fraction of sp³-hybridized carbons (Fsp3) is 0.667.